The number of nitrogen functional groups attached to an aromatic ring is 2. The predicted molar refractivity (Wildman–Crippen MR) is 139 cm³/mol. The number of carbonyl (C=O) groups excluding carboxylic acids is 1. The van der Waals surface area contributed by atoms with Gasteiger partial charge in [0.2, 0.25) is 0 Å². The first-order valence-electron chi connectivity index (χ1n) is 11.3. The fourth-order valence-electron chi connectivity index (χ4n) is 4.23. The lowest BCUT2D eigenvalue weighted by atomic mass is 10.1. The first-order valence-corrected chi connectivity index (χ1v) is 12.1. The molecule has 1 aliphatic rings. The van der Waals surface area contributed by atoms with Crippen molar-refractivity contribution in [2.24, 2.45) is 5.84 Å². The Morgan fingerprint density at radius 1 is 1.11 bits per heavy atom. The highest BCUT2D eigenvalue weighted by Gasteiger charge is 2.36. The number of nitrogens with zero attached hydrogens (tertiary/aromatic N) is 3. The summed E-state index contributed by atoms with van der Waals surface area (Å²) >= 11 is 3.45. The molecule has 1 fully saturated rings. The number of benzene rings is 3. The van der Waals surface area contributed by atoms with Gasteiger partial charge < -0.3 is 20.8 Å². The van der Waals surface area contributed by atoms with Crippen molar-refractivity contribution in [3.63, 3.8) is 0 Å². The van der Waals surface area contributed by atoms with Crippen LogP contribution in [0, 0.1) is 5.82 Å². The molecule has 1 aromatic heterocycles. The monoisotopic (exact) mass is 550 g/mol. The van der Waals surface area contributed by atoms with Gasteiger partial charge in [-0.3, -0.25) is 10.6 Å². The average Bonchev–Trinajstić information content (AvgIpc) is 3.47. The number of aromatic nitrogens is 2. The normalized spacial score (nSPS) is 15.5. The van der Waals surface area contributed by atoms with Crippen molar-refractivity contribution in [2.45, 2.75) is 12.6 Å². The van der Waals surface area contributed by atoms with E-state index in [2.05, 4.69) is 21.4 Å². The molecule has 10 heteroatoms. The zero-order valence-corrected chi connectivity index (χ0v) is 20.8. The van der Waals surface area contributed by atoms with Crippen molar-refractivity contribution in [1.29, 1.82) is 0 Å². The molecule has 4 aromatic rings. The fraction of sp³-hybridized carbons (Fsp3) is 0.154. The summed E-state index contributed by atoms with van der Waals surface area (Å²) in [5.41, 5.74) is 13.6. The van der Waals surface area contributed by atoms with E-state index in [-0.39, 0.29) is 18.3 Å². The summed E-state index contributed by atoms with van der Waals surface area (Å²) < 4.78 is 22.3. The third kappa shape index (κ3) is 4.83. The number of anilines is 2. The molecule has 1 amide bonds. The number of carbonyl (C=O) groups is 1. The van der Waals surface area contributed by atoms with E-state index in [4.69, 9.17) is 21.4 Å². The van der Waals surface area contributed by atoms with E-state index < -0.39 is 6.23 Å². The van der Waals surface area contributed by atoms with E-state index in [1.54, 1.807) is 27.8 Å². The van der Waals surface area contributed by atoms with Gasteiger partial charge in [-0.15, -0.1) is 0 Å². The Bertz CT molecular complexity index is 1390. The molecule has 0 spiro atoms. The number of hydrazine groups is 1. The lowest BCUT2D eigenvalue weighted by molar-refractivity contribution is -0.128. The van der Waals surface area contributed by atoms with Gasteiger partial charge in [-0.05, 0) is 72.6 Å². The molecule has 1 unspecified atom stereocenters. The van der Waals surface area contributed by atoms with Crippen LogP contribution in [0.1, 0.15) is 17.4 Å². The van der Waals surface area contributed by atoms with Gasteiger partial charge in [-0.2, -0.15) is 5.10 Å². The third-order valence-corrected chi connectivity index (χ3v) is 6.63. The smallest absolute Gasteiger partial charge is 0.250 e. The van der Waals surface area contributed by atoms with Gasteiger partial charge in [0.15, 0.2) is 6.23 Å². The van der Waals surface area contributed by atoms with E-state index in [0.29, 0.717) is 30.0 Å². The van der Waals surface area contributed by atoms with Gasteiger partial charge in [0, 0.05) is 28.3 Å². The Hall–Kier alpha value is -3.73. The maximum atomic E-state index is 13.6. The zero-order valence-electron chi connectivity index (χ0n) is 19.2. The van der Waals surface area contributed by atoms with Gasteiger partial charge in [0.1, 0.15) is 18.1 Å². The van der Waals surface area contributed by atoms with E-state index in [1.807, 2.05) is 42.6 Å². The van der Waals surface area contributed by atoms with Crippen molar-refractivity contribution in [3.8, 4) is 16.9 Å². The summed E-state index contributed by atoms with van der Waals surface area (Å²) in [7, 11) is 0. The van der Waals surface area contributed by atoms with Crippen LogP contribution in [0.4, 0.5) is 15.8 Å². The molecule has 0 radical (unpaired) electrons. The minimum Gasteiger partial charge on any atom is -0.397 e. The van der Waals surface area contributed by atoms with Crippen molar-refractivity contribution >= 4 is 33.2 Å². The van der Waals surface area contributed by atoms with Crippen molar-refractivity contribution in [1.82, 2.24) is 14.7 Å². The highest BCUT2D eigenvalue weighted by atomic mass is 79.9. The lowest BCUT2D eigenvalue weighted by Gasteiger charge is -2.23. The van der Waals surface area contributed by atoms with Crippen molar-refractivity contribution < 1.29 is 13.9 Å². The molecule has 3 aromatic carbocycles. The maximum absolute atomic E-state index is 13.6. The summed E-state index contributed by atoms with van der Waals surface area (Å²) in [6.45, 7) is 0.389. The van der Waals surface area contributed by atoms with Crippen LogP contribution >= 0.6 is 15.9 Å². The predicted octanol–water partition coefficient (Wildman–Crippen LogP) is 4.41. The largest absolute Gasteiger partial charge is 0.397 e. The van der Waals surface area contributed by atoms with Gasteiger partial charge in [-0.1, -0.05) is 22.0 Å². The Kier molecular flexibility index (Phi) is 6.73. The van der Waals surface area contributed by atoms with Crippen molar-refractivity contribution in [3.05, 3.63) is 94.3 Å². The number of nitrogens with two attached hydrogens (primary N) is 2. The Balaban J connectivity index is 1.48. The van der Waals surface area contributed by atoms with Crippen LogP contribution < -0.4 is 17.0 Å². The number of ether oxygens (including phenoxy) is 1. The second-order valence-electron chi connectivity index (χ2n) is 8.43. The number of nitrogens with one attached hydrogen (secondary N) is 1. The topological polar surface area (TPSA) is 111 Å². The standard InChI is InChI=1S/C26H24BrFN6O2/c27-18-4-8-20(9-5-18)34-14-21(25(32-34)17-2-6-19(28)7-3-17)26-33(24(35)15-36-26)12-11-16-1-10-23(31-30)22(29)13-16/h1-10,13-14,26,31H,11-12,15,29-30H2. The second kappa shape index (κ2) is 10.1. The van der Waals surface area contributed by atoms with Crippen LogP contribution in [0.15, 0.2) is 77.4 Å². The highest BCUT2D eigenvalue weighted by molar-refractivity contribution is 9.10. The lowest BCUT2D eigenvalue weighted by Crippen LogP contribution is -2.30. The van der Waals surface area contributed by atoms with Gasteiger partial charge in [0.25, 0.3) is 5.91 Å². The number of hydrogen-bond acceptors (Lipinski definition) is 6. The van der Waals surface area contributed by atoms with Crippen molar-refractivity contribution in [2.75, 3.05) is 24.3 Å². The molecule has 0 aliphatic carbocycles. The Morgan fingerprint density at radius 3 is 2.56 bits per heavy atom. The number of halogens is 2. The first-order chi connectivity index (χ1) is 17.4. The highest BCUT2D eigenvalue weighted by Crippen LogP contribution is 2.35. The molecule has 0 saturated carbocycles. The minimum absolute atomic E-state index is 0.0326. The molecular weight excluding hydrogens is 527 g/mol. The van der Waals surface area contributed by atoms with Crippen LogP contribution in [0.3, 0.4) is 0 Å². The van der Waals surface area contributed by atoms with Gasteiger partial charge in [-0.25, -0.2) is 9.07 Å². The molecule has 1 saturated heterocycles. The summed E-state index contributed by atoms with van der Waals surface area (Å²) in [6, 6.07) is 19.4. The fourth-order valence-corrected chi connectivity index (χ4v) is 4.49. The summed E-state index contributed by atoms with van der Waals surface area (Å²) in [5.74, 6) is 5.01. The molecule has 5 N–H and O–H groups in total. The molecular formula is C26H24BrFN6O2. The number of amides is 1. The van der Waals surface area contributed by atoms with Crippen LogP contribution in [-0.2, 0) is 16.0 Å². The molecule has 184 valence electrons. The molecule has 1 atom stereocenters. The summed E-state index contributed by atoms with van der Waals surface area (Å²) in [4.78, 5) is 14.5. The molecule has 5 rings (SSSR count). The molecule has 2 heterocycles. The Morgan fingerprint density at radius 2 is 1.86 bits per heavy atom. The van der Waals surface area contributed by atoms with E-state index in [0.717, 1.165) is 26.9 Å². The number of rotatable bonds is 7. The maximum Gasteiger partial charge on any atom is 0.250 e. The second-order valence-corrected chi connectivity index (χ2v) is 9.34. The molecule has 0 bridgehead atoms. The first kappa shape index (κ1) is 24.0. The van der Waals surface area contributed by atoms with E-state index in [1.165, 1.54) is 12.1 Å². The SMILES string of the molecule is NNc1ccc(CCN2C(=O)COC2c2cn(-c3ccc(Br)cc3)nc2-c2ccc(F)cc2)cc1N. The van der Waals surface area contributed by atoms with Crippen LogP contribution in [0.5, 0.6) is 0 Å². The number of hydrogen-bond donors (Lipinski definition) is 3. The average molecular weight is 551 g/mol. The summed E-state index contributed by atoms with van der Waals surface area (Å²) in [5, 5.41) is 4.79. The minimum atomic E-state index is -0.635. The molecule has 8 nitrogen and oxygen atoms in total. The third-order valence-electron chi connectivity index (χ3n) is 6.10. The van der Waals surface area contributed by atoms with Crippen LogP contribution in [-0.4, -0.2) is 33.7 Å². The van der Waals surface area contributed by atoms with Crippen LogP contribution in [0.25, 0.3) is 16.9 Å². The molecule has 1 aliphatic heterocycles. The van der Waals surface area contributed by atoms with E-state index >= 15 is 0 Å². The quantitative estimate of drug-likeness (QED) is 0.178. The summed E-state index contributed by atoms with van der Waals surface area (Å²) in [6.07, 6.45) is 1.80. The van der Waals surface area contributed by atoms with Crippen LogP contribution in [0.2, 0.25) is 0 Å². The van der Waals surface area contributed by atoms with Gasteiger partial charge >= 0.3 is 0 Å². The zero-order chi connectivity index (χ0) is 25.2. The molecule has 36 heavy (non-hydrogen) atoms. The van der Waals surface area contributed by atoms with Gasteiger partial charge in [0.05, 0.1) is 17.1 Å². The van der Waals surface area contributed by atoms with E-state index in [9.17, 15) is 9.18 Å². The Labute approximate surface area is 215 Å².